The second-order valence-electron chi connectivity index (χ2n) is 5.55. The maximum absolute atomic E-state index is 2.49. The summed E-state index contributed by atoms with van der Waals surface area (Å²) in [6.45, 7) is 5.23. The average Bonchev–Trinajstić information content (AvgIpc) is 2.67. The molecule has 17 heavy (non-hydrogen) atoms. The molecule has 0 amide bonds. The summed E-state index contributed by atoms with van der Waals surface area (Å²) in [5, 5.41) is 2.49. The topological polar surface area (TPSA) is 21.1 Å². The van der Waals surface area contributed by atoms with Gasteiger partial charge < -0.3 is 10.2 Å². The highest BCUT2D eigenvalue weighted by atomic mass is 15.2. The number of likely N-dealkylation sites (tertiary alicyclic amines) is 1. The van der Waals surface area contributed by atoms with Crippen molar-refractivity contribution < 1.29 is 10.2 Å². The number of quaternary nitrogens is 2. The lowest BCUT2D eigenvalue weighted by molar-refractivity contribution is -0.947. The molecule has 1 fully saturated rings. The molecule has 1 atom stereocenters. The van der Waals surface area contributed by atoms with Gasteiger partial charge in [-0.15, -0.1) is 0 Å². The predicted octanol–water partition coefficient (Wildman–Crippen LogP) is 0.264. The van der Waals surface area contributed by atoms with Gasteiger partial charge in [0.2, 0.25) is 0 Å². The van der Waals surface area contributed by atoms with E-state index in [9.17, 15) is 0 Å². The zero-order chi connectivity index (χ0) is 11.5. The van der Waals surface area contributed by atoms with Gasteiger partial charge >= 0.3 is 0 Å². The minimum absolute atomic E-state index is 0.748. The van der Waals surface area contributed by atoms with Gasteiger partial charge in [0.05, 0.1) is 13.1 Å². The minimum Gasteiger partial charge on any atom is -0.337 e. The SMILES string of the molecule is c1ccc2c(c1)C[NH2+]C[C@H]2[NH+]1CCCCCC1. The van der Waals surface area contributed by atoms with Gasteiger partial charge in [-0.25, -0.2) is 0 Å². The number of nitrogens with two attached hydrogens (primary N) is 1. The largest absolute Gasteiger partial charge is 0.337 e. The molecule has 2 heterocycles. The number of fused-ring (bicyclic) bond motifs is 1. The average molecular weight is 232 g/mol. The summed E-state index contributed by atoms with van der Waals surface area (Å²) in [6, 6.07) is 9.83. The van der Waals surface area contributed by atoms with Gasteiger partial charge in [-0.05, 0) is 25.7 Å². The van der Waals surface area contributed by atoms with Crippen molar-refractivity contribution >= 4 is 0 Å². The summed E-state index contributed by atoms with van der Waals surface area (Å²) < 4.78 is 0. The Balaban J connectivity index is 1.83. The second-order valence-corrected chi connectivity index (χ2v) is 5.55. The minimum atomic E-state index is 0.748. The Hall–Kier alpha value is -0.860. The van der Waals surface area contributed by atoms with Crippen molar-refractivity contribution in [1.82, 2.24) is 0 Å². The van der Waals surface area contributed by atoms with Gasteiger partial charge in [0.1, 0.15) is 13.1 Å². The highest BCUT2D eigenvalue weighted by molar-refractivity contribution is 5.29. The van der Waals surface area contributed by atoms with Crippen LogP contribution in [0.2, 0.25) is 0 Å². The Morgan fingerprint density at radius 3 is 2.59 bits per heavy atom. The Labute approximate surface area is 104 Å². The molecule has 3 rings (SSSR count). The van der Waals surface area contributed by atoms with E-state index in [2.05, 4.69) is 29.6 Å². The second kappa shape index (κ2) is 5.19. The molecule has 2 aliphatic rings. The van der Waals surface area contributed by atoms with E-state index in [1.54, 1.807) is 11.1 Å². The van der Waals surface area contributed by atoms with Crippen LogP contribution in [0.25, 0.3) is 0 Å². The molecule has 1 aromatic rings. The number of nitrogens with one attached hydrogen (secondary N) is 1. The van der Waals surface area contributed by atoms with Gasteiger partial charge in [-0.2, -0.15) is 0 Å². The monoisotopic (exact) mass is 232 g/mol. The number of benzene rings is 1. The predicted molar refractivity (Wildman–Crippen MR) is 68.8 cm³/mol. The van der Waals surface area contributed by atoms with Crippen LogP contribution in [0.5, 0.6) is 0 Å². The van der Waals surface area contributed by atoms with Crippen molar-refractivity contribution in [2.24, 2.45) is 0 Å². The van der Waals surface area contributed by atoms with Crippen LogP contribution in [0.3, 0.4) is 0 Å². The van der Waals surface area contributed by atoms with E-state index in [4.69, 9.17) is 0 Å². The first-order valence-electron chi connectivity index (χ1n) is 7.19. The van der Waals surface area contributed by atoms with E-state index < -0.39 is 0 Å². The van der Waals surface area contributed by atoms with Crippen molar-refractivity contribution in [3.05, 3.63) is 35.4 Å². The first kappa shape index (κ1) is 11.2. The van der Waals surface area contributed by atoms with Crippen LogP contribution < -0.4 is 10.2 Å². The van der Waals surface area contributed by atoms with Crippen molar-refractivity contribution in [2.75, 3.05) is 19.6 Å². The molecule has 2 nitrogen and oxygen atoms in total. The van der Waals surface area contributed by atoms with Crippen molar-refractivity contribution in [1.29, 1.82) is 0 Å². The van der Waals surface area contributed by atoms with Crippen LogP contribution >= 0.6 is 0 Å². The molecule has 0 unspecified atom stereocenters. The highest BCUT2D eigenvalue weighted by Gasteiger charge is 2.31. The Morgan fingerprint density at radius 2 is 1.76 bits per heavy atom. The molecule has 2 heteroatoms. The molecule has 1 aromatic carbocycles. The molecule has 0 aliphatic carbocycles. The van der Waals surface area contributed by atoms with E-state index in [1.807, 2.05) is 4.90 Å². The number of hydrogen-bond acceptors (Lipinski definition) is 0. The number of rotatable bonds is 1. The molecule has 92 valence electrons. The summed E-state index contributed by atoms with van der Waals surface area (Å²) >= 11 is 0. The van der Waals surface area contributed by atoms with Crippen LogP contribution in [-0.2, 0) is 6.54 Å². The van der Waals surface area contributed by atoms with Gasteiger partial charge in [0.15, 0.2) is 6.04 Å². The Kier molecular flexibility index (Phi) is 3.44. The summed E-state index contributed by atoms with van der Waals surface area (Å²) in [7, 11) is 0. The van der Waals surface area contributed by atoms with Gasteiger partial charge in [-0.3, -0.25) is 0 Å². The van der Waals surface area contributed by atoms with E-state index in [1.165, 1.54) is 51.9 Å². The summed E-state index contributed by atoms with van der Waals surface area (Å²) in [5.74, 6) is 0. The molecular weight excluding hydrogens is 208 g/mol. The molecule has 3 N–H and O–H groups in total. The van der Waals surface area contributed by atoms with Crippen LogP contribution in [0.4, 0.5) is 0 Å². The lowest BCUT2D eigenvalue weighted by atomic mass is 9.95. The summed E-state index contributed by atoms with van der Waals surface area (Å²) in [6.07, 6.45) is 5.74. The van der Waals surface area contributed by atoms with E-state index in [0.29, 0.717) is 0 Å². The van der Waals surface area contributed by atoms with Crippen molar-refractivity contribution in [3.8, 4) is 0 Å². The van der Waals surface area contributed by atoms with Crippen LogP contribution in [-0.4, -0.2) is 19.6 Å². The van der Waals surface area contributed by atoms with E-state index in [-0.39, 0.29) is 0 Å². The third kappa shape index (κ3) is 2.38. The Bertz CT molecular complexity index is 367. The molecule has 0 bridgehead atoms. The molecule has 1 saturated heterocycles. The first-order chi connectivity index (χ1) is 8.45. The van der Waals surface area contributed by atoms with Crippen LogP contribution in [0.15, 0.2) is 24.3 Å². The maximum Gasteiger partial charge on any atom is 0.163 e. The van der Waals surface area contributed by atoms with Crippen LogP contribution in [0.1, 0.15) is 42.9 Å². The normalized spacial score (nSPS) is 26.2. The van der Waals surface area contributed by atoms with E-state index in [0.717, 1.165) is 6.04 Å². The third-order valence-electron chi connectivity index (χ3n) is 4.44. The molecule has 0 radical (unpaired) electrons. The fourth-order valence-electron chi connectivity index (χ4n) is 3.51. The maximum atomic E-state index is 2.49. The van der Waals surface area contributed by atoms with Crippen molar-refractivity contribution in [2.45, 2.75) is 38.3 Å². The quantitative estimate of drug-likeness (QED) is 0.693. The fraction of sp³-hybridized carbons (Fsp3) is 0.600. The van der Waals surface area contributed by atoms with Gasteiger partial charge in [0, 0.05) is 11.1 Å². The Morgan fingerprint density at radius 1 is 1.00 bits per heavy atom. The lowest BCUT2D eigenvalue weighted by Crippen LogP contribution is -3.15. The third-order valence-corrected chi connectivity index (χ3v) is 4.44. The van der Waals surface area contributed by atoms with Gasteiger partial charge in [0.25, 0.3) is 0 Å². The van der Waals surface area contributed by atoms with E-state index >= 15 is 0 Å². The highest BCUT2D eigenvalue weighted by Crippen LogP contribution is 2.17. The molecule has 0 spiro atoms. The molecular formula is C15H24N2+2. The van der Waals surface area contributed by atoms with Crippen molar-refractivity contribution in [3.63, 3.8) is 0 Å². The summed E-state index contributed by atoms with van der Waals surface area (Å²) in [4.78, 5) is 1.84. The molecule has 0 aromatic heterocycles. The lowest BCUT2D eigenvalue weighted by Gasteiger charge is -2.30. The summed E-state index contributed by atoms with van der Waals surface area (Å²) in [5.41, 5.74) is 3.20. The number of hydrogen-bond donors (Lipinski definition) is 2. The standard InChI is InChI=1S/C15H22N2/c1-2-6-10-17(9-5-1)15-12-16-11-13-7-3-4-8-14(13)15/h3-4,7-8,15-16H,1-2,5-6,9-12H2/p+2/t15-/m1/s1. The zero-order valence-corrected chi connectivity index (χ0v) is 10.6. The van der Waals surface area contributed by atoms with Gasteiger partial charge in [-0.1, -0.05) is 24.3 Å². The van der Waals surface area contributed by atoms with Crippen LogP contribution in [0, 0.1) is 0 Å². The smallest absolute Gasteiger partial charge is 0.163 e. The fourth-order valence-corrected chi connectivity index (χ4v) is 3.51. The molecule has 2 aliphatic heterocycles. The zero-order valence-electron chi connectivity index (χ0n) is 10.6. The molecule has 0 saturated carbocycles. The first-order valence-corrected chi connectivity index (χ1v) is 7.19.